The van der Waals surface area contributed by atoms with Crippen molar-refractivity contribution in [1.29, 1.82) is 0 Å². The highest BCUT2D eigenvalue weighted by Crippen LogP contribution is 2.28. The fourth-order valence-corrected chi connectivity index (χ4v) is 6.64. The maximum absolute atomic E-state index is 14.8. The molecule has 0 bridgehead atoms. The number of benzene rings is 3. The first kappa shape index (κ1) is 32.3. The van der Waals surface area contributed by atoms with E-state index in [1.54, 1.807) is 37.3 Å². The van der Waals surface area contributed by atoms with Crippen LogP contribution >= 0.6 is 11.6 Å². The van der Waals surface area contributed by atoms with Gasteiger partial charge in [0.1, 0.15) is 24.2 Å². The minimum Gasteiger partial charge on any atom is -0.494 e. The van der Waals surface area contributed by atoms with Crippen molar-refractivity contribution in [3.05, 3.63) is 89.2 Å². The van der Waals surface area contributed by atoms with Gasteiger partial charge in [-0.3, -0.25) is 13.9 Å². The quantitative estimate of drug-likeness (QED) is 0.268. The zero-order valence-corrected chi connectivity index (χ0v) is 25.9. The van der Waals surface area contributed by atoms with E-state index in [2.05, 4.69) is 5.32 Å². The van der Waals surface area contributed by atoms with Crippen LogP contribution in [0.3, 0.4) is 0 Å². The molecule has 1 unspecified atom stereocenters. The highest BCUT2D eigenvalue weighted by molar-refractivity contribution is 7.92. The van der Waals surface area contributed by atoms with Crippen LogP contribution in [0.15, 0.2) is 77.7 Å². The standard InChI is InChI=1S/C32H37ClFN3O5S/c1-3-42-28-17-15-27(16-18-28)37(43(40,41)29-19-13-25(33)14-20-29)22-31(38)36(21-24-9-7-8-12-30(24)34)23(2)32(39)35-26-10-5-4-6-11-26/h7-9,12-20,23,26H,3-6,10-11,21-22H2,1-2H3,(H,35,39). The van der Waals surface area contributed by atoms with E-state index in [1.807, 2.05) is 6.92 Å². The zero-order valence-electron chi connectivity index (χ0n) is 24.3. The summed E-state index contributed by atoms with van der Waals surface area (Å²) in [6.45, 7) is 2.99. The van der Waals surface area contributed by atoms with Crippen molar-refractivity contribution in [3.8, 4) is 5.75 Å². The molecule has 1 aliphatic rings. The van der Waals surface area contributed by atoms with E-state index in [-0.39, 0.29) is 34.6 Å². The predicted molar refractivity (Wildman–Crippen MR) is 165 cm³/mol. The Morgan fingerprint density at radius 3 is 2.28 bits per heavy atom. The van der Waals surface area contributed by atoms with Gasteiger partial charge < -0.3 is 15.0 Å². The van der Waals surface area contributed by atoms with Gasteiger partial charge in [-0.05, 0) is 81.3 Å². The van der Waals surface area contributed by atoms with Crippen LogP contribution in [-0.4, -0.2) is 50.4 Å². The van der Waals surface area contributed by atoms with Gasteiger partial charge in [0.25, 0.3) is 10.0 Å². The van der Waals surface area contributed by atoms with Crippen molar-refractivity contribution < 1.29 is 27.1 Å². The van der Waals surface area contributed by atoms with E-state index in [0.717, 1.165) is 36.4 Å². The molecule has 1 atom stereocenters. The van der Waals surface area contributed by atoms with Crippen molar-refractivity contribution in [1.82, 2.24) is 10.2 Å². The van der Waals surface area contributed by atoms with Gasteiger partial charge in [0, 0.05) is 23.2 Å². The molecule has 3 aromatic carbocycles. The van der Waals surface area contributed by atoms with Gasteiger partial charge in [0.2, 0.25) is 11.8 Å². The van der Waals surface area contributed by atoms with Crippen LogP contribution in [0, 0.1) is 5.82 Å². The van der Waals surface area contributed by atoms with Crippen LogP contribution in [-0.2, 0) is 26.2 Å². The third kappa shape index (κ3) is 8.26. The van der Waals surface area contributed by atoms with Gasteiger partial charge in [0.15, 0.2) is 0 Å². The average molecular weight is 630 g/mol. The predicted octanol–water partition coefficient (Wildman–Crippen LogP) is 5.94. The van der Waals surface area contributed by atoms with E-state index in [4.69, 9.17) is 16.3 Å². The molecule has 1 saturated carbocycles. The summed E-state index contributed by atoms with van der Waals surface area (Å²) in [5, 5.41) is 3.39. The van der Waals surface area contributed by atoms with Crippen molar-refractivity contribution in [2.75, 3.05) is 17.5 Å². The first-order valence-electron chi connectivity index (χ1n) is 14.4. The van der Waals surface area contributed by atoms with E-state index < -0.39 is 34.3 Å². The molecular formula is C32H37ClFN3O5S. The Hall–Kier alpha value is -3.63. The summed E-state index contributed by atoms with van der Waals surface area (Å²) >= 11 is 6.00. The van der Waals surface area contributed by atoms with Crippen LogP contribution < -0.4 is 14.4 Å². The van der Waals surface area contributed by atoms with E-state index in [9.17, 15) is 22.4 Å². The second kappa shape index (κ2) is 14.7. The topological polar surface area (TPSA) is 96.0 Å². The summed E-state index contributed by atoms with van der Waals surface area (Å²) in [6, 6.07) is 17.0. The first-order valence-corrected chi connectivity index (χ1v) is 16.3. The minimum atomic E-state index is -4.26. The second-order valence-corrected chi connectivity index (χ2v) is 12.8. The van der Waals surface area contributed by atoms with E-state index >= 15 is 0 Å². The molecule has 0 saturated heterocycles. The number of halogens is 2. The molecule has 1 N–H and O–H groups in total. The fraction of sp³-hybridized carbons (Fsp3) is 0.375. The molecule has 4 rings (SSSR count). The summed E-state index contributed by atoms with van der Waals surface area (Å²) in [6.07, 6.45) is 4.84. The molecule has 3 aromatic rings. The Balaban J connectivity index is 1.68. The molecule has 0 radical (unpaired) electrons. The van der Waals surface area contributed by atoms with Crippen molar-refractivity contribution in [3.63, 3.8) is 0 Å². The van der Waals surface area contributed by atoms with Gasteiger partial charge in [-0.2, -0.15) is 0 Å². The van der Waals surface area contributed by atoms with Gasteiger partial charge in [0.05, 0.1) is 17.2 Å². The normalized spacial score (nSPS) is 14.5. The van der Waals surface area contributed by atoms with Crippen molar-refractivity contribution in [2.24, 2.45) is 0 Å². The van der Waals surface area contributed by atoms with Crippen LogP contribution in [0.2, 0.25) is 5.02 Å². The largest absolute Gasteiger partial charge is 0.494 e. The number of ether oxygens (including phenoxy) is 1. The number of hydrogen-bond donors (Lipinski definition) is 1. The number of nitrogens with zero attached hydrogens (tertiary/aromatic N) is 2. The number of sulfonamides is 1. The van der Waals surface area contributed by atoms with Crippen molar-refractivity contribution >= 4 is 39.1 Å². The lowest BCUT2D eigenvalue weighted by Gasteiger charge is -2.33. The summed E-state index contributed by atoms with van der Waals surface area (Å²) in [5.74, 6) is -1.03. The molecule has 0 aliphatic heterocycles. The van der Waals surface area contributed by atoms with Crippen molar-refractivity contribution in [2.45, 2.75) is 69.5 Å². The molecule has 0 heterocycles. The molecule has 1 aliphatic carbocycles. The molecule has 2 amide bonds. The Morgan fingerprint density at radius 1 is 1.00 bits per heavy atom. The smallest absolute Gasteiger partial charge is 0.264 e. The number of nitrogens with one attached hydrogen (secondary N) is 1. The summed E-state index contributed by atoms with van der Waals surface area (Å²) in [5.41, 5.74) is 0.429. The Bertz CT molecular complexity index is 1500. The Kier molecular flexibility index (Phi) is 11.0. The first-order chi connectivity index (χ1) is 20.6. The molecule has 0 aromatic heterocycles. The van der Waals surface area contributed by atoms with Gasteiger partial charge in [-0.15, -0.1) is 0 Å². The fourth-order valence-electron chi connectivity index (χ4n) is 5.10. The molecule has 0 spiro atoms. The third-order valence-electron chi connectivity index (χ3n) is 7.53. The molecule has 8 nitrogen and oxygen atoms in total. The average Bonchev–Trinajstić information content (AvgIpc) is 3.00. The lowest BCUT2D eigenvalue weighted by Crippen LogP contribution is -2.53. The van der Waals surface area contributed by atoms with Gasteiger partial charge in [-0.25, -0.2) is 12.8 Å². The maximum atomic E-state index is 14.8. The van der Waals surface area contributed by atoms with Crippen LogP contribution in [0.4, 0.5) is 10.1 Å². The molecule has 230 valence electrons. The number of carbonyl (C=O) groups excluding carboxylic acids is 2. The molecule has 11 heteroatoms. The Labute approximate surface area is 257 Å². The highest BCUT2D eigenvalue weighted by atomic mass is 35.5. The number of carbonyl (C=O) groups is 2. The minimum absolute atomic E-state index is 0.000233. The maximum Gasteiger partial charge on any atom is 0.264 e. The summed E-state index contributed by atoms with van der Waals surface area (Å²) < 4.78 is 49.1. The summed E-state index contributed by atoms with van der Waals surface area (Å²) in [4.78, 5) is 28.6. The van der Waals surface area contributed by atoms with E-state index in [1.165, 1.54) is 47.4 Å². The highest BCUT2D eigenvalue weighted by Gasteiger charge is 2.33. The Morgan fingerprint density at radius 2 is 1.65 bits per heavy atom. The van der Waals surface area contributed by atoms with E-state index in [0.29, 0.717) is 17.4 Å². The lowest BCUT2D eigenvalue weighted by atomic mass is 9.95. The number of hydrogen-bond acceptors (Lipinski definition) is 5. The van der Waals surface area contributed by atoms with Gasteiger partial charge in [-0.1, -0.05) is 49.1 Å². The monoisotopic (exact) mass is 629 g/mol. The molecule has 43 heavy (non-hydrogen) atoms. The second-order valence-electron chi connectivity index (χ2n) is 10.5. The third-order valence-corrected chi connectivity index (χ3v) is 9.57. The lowest BCUT2D eigenvalue weighted by molar-refractivity contribution is -0.139. The zero-order chi connectivity index (χ0) is 31.0. The molecule has 1 fully saturated rings. The number of anilines is 1. The number of amides is 2. The SMILES string of the molecule is CCOc1ccc(N(CC(=O)N(Cc2ccccc2F)C(C)C(=O)NC2CCCCC2)S(=O)(=O)c2ccc(Cl)cc2)cc1. The molecular weight excluding hydrogens is 593 g/mol. The van der Waals surface area contributed by atoms with Crippen LogP contribution in [0.1, 0.15) is 51.5 Å². The van der Waals surface area contributed by atoms with Crippen LogP contribution in [0.5, 0.6) is 5.75 Å². The number of rotatable bonds is 12. The van der Waals surface area contributed by atoms with Gasteiger partial charge >= 0.3 is 0 Å². The summed E-state index contributed by atoms with van der Waals surface area (Å²) in [7, 11) is -4.26. The van der Waals surface area contributed by atoms with Crippen LogP contribution in [0.25, 0.3) is 0 Å².